The molecule has 3 aromatic rings. The highest BCUT2D eigenvalue weighted by Gasteiger charge is 2.10. The number of thioether (sulfide) groups is 1. The molecule has 7 nitrogen and oxygen atoms in total. The third-order valence-electron chi connectivity index (χ3n) is 5.02. The summed E-state index contributed by atoms with van der Waals surface area (Å²) in [4.78, 5) is 2.41. The van der Waals surface area contributed by atoms with E-state index in [2.05, 4.69) is 15.1 Å². The number of rotatable bonds is 12. The third-order valence-corrected chi connectivity index (χ3v) is 5.93. The predicted molar refractivity (Wildman–Crippen MR) is 125 cm³/mol. The van der Waals surface area contributed by atoms with Gasteiger partial charge in [0.2, 0.25) is 11.8 Å². The molecule has 0 bridgehead atoms. The van der Waals surface area contributed by atoms with Gasteiger partial charge in [-0.3, -0.25) is 4.90 Å². The van der Waals surface area contributed by atoms with Crippen molar-refractivity contribution in [3.05, 3.63) is 60.5 Å². The quantitative estimate of drug-likeness (QED) is 0.377. The molecule has 0 radical (unpaired) electrons. The number of benzene rings is 2. The van der Waals surface area contributed by atoms with Gasteiger partial charge in [-0.05, 0) is 42.8 Å². The van der Waals surface area contributed by atoms with Gasteiger partial charge in [0.05, 0.1) is 32.2 Å². The van der Waals surface area contributed by atoms with Crippen LogP contribution in [-0.2, 0) is 10.5 Å². The van der Waals surface area contributed by atoms with Crippen LogP contribution >= 0.6 is 11.8 Å². The first-order valence-corrected chi connectivity index (χ1v) is 12.1. The van der Waals surface area contributed by atoms with Crippen molar-refractivity contribution in [1.29, 1.82) is 0 Å². The Kier molecular flexibility index (Phi) is 8.83. The van der Waals surface area contributed by atoms with E-state index in [9.17, 15) is 0 Å². The second-order valence-corrected chi connectivity index (χ2v) is 8.50. The van der Waals surface area contributed by atoms with E-state index in [4.69, 9.17) is 18.6 Å². The minimum absolute atomic E-state index is 0.528. The number of morpholine rings is 1. The minimum Gasteiger partial charge on any atom is -0.494 e. The Balaban J connectivity index is 1.14. The summed E-state index contributed by atoms with van der Waals surface area (Å²) in [7, 11) is 0. The summed E-state index contributed by atoms with van der Waals surface area (Å²) in [5.41, 5.74) is 0.891. The maximum Gasteiger partial charge on any atom is 0.247 e. The molecule has 1 aliphatic rings. The van der Waals surface area contributed by atoms with Crippen LogP contribution in [0.3, 0.4) is 0 Å². The first-order chi connectivity index (χ1) is 15.9. The van der Waals surface area contributed by atoms with Crippen molar-refractivity contribution >= 4 is 11.8 Å². The summed E-state index contributed by atoms with van der Waals surface area (Å²) in [6, 6.07) is 17.6. The Labute approximate surface area is 193 Å². The fourth-order valence-electron chi connectivity index (χ4n) is 3.32. The lowest BCUT2D eigenvalue weighted by Gasteiger charge is -2.26. The van der Waals surface area contributed by atoms with Gasteiger partial charge in [0.25, 0.3) is 0 Å². The second kappa shape index (κ2) is 12.5. The van der Waals surface area contributed by atoms with Crippen LogP contribution in [0, 0.1) is 0 Å². The van der Waals surface area contributed by atoms with Gasteiger partial charge in [-0.25, -0.2) is 0 Å². The van der Waals surface area contributed by atoms with Crippen molar-refractivity contribution in [1.82, 2.24) is 15.1 Å². The highest BCUT2D eigenvalue weighted by Crippen LogP contribution is 2.23. The van der Waals surface area contributed by atoms with E-state index < -0.39 is 0 Å². The molecule has 0 spiro atoms. The van der Waals surface area contributed by atoms with Crippen LogP contribution in [0.1, 0.15) is 12.3 Å². The molecule has 0 N–H and O–H groups in total. The Morgan fingerprint density at radius 1 is 0.875 bits per heavy atom. The number of hydrogen-bond acceptors (Lipinski definition) is 8. The van der Waals surface area contributed by atoms with Crippen molar-refractivity contribution in [2.24, 2.45) is 0 Å². The number of ether oxygens (including phenoxy) is 3. The fourth-order valence-corrected chi connectivity index (χ4v) is 3.96. The molecular weight excluding hydrogens is 426 g/mol. The molecule has 1 aliphatic heterocycles. The molecular formula is C24H29N3O4S. The van der Waals surface area contributed by atoms with Crippen LogP contribution in [0.4, 0.5) is 0 Å². The molecule has 1 aromatic heterocycles. The highest BCUT2D eigenvalue weighted by molar-refractivity contribution is 7.98. The van der Waals surface area contributed by atoms with Gasteiger partial charge in [0.1, 0.15) is 11.5 Å². The van der Waals surface area contributed by atoms with Gasteiger partial charge in [-0.15, -0.1) is 22.0 Å². The average Bonchev–Trinajstić information content (AvgIpc) is 3.32. The molecule has 2 aromatic carbocycles. The third kappa shape index (κ3) is 7.25. The first-order valence-electron chi connectivity index (χ1n) is 11.0. The average molecular weight is 456 g/mol. The number of nitrogens with zero attached hydrogens (tertiary/aromatic N) is 3. The van der Waals surface area contributed by atoms with E-state index in [1.165, 1.54) is 0 Å². The van der Waals surface area contributed by atoms with Crippen molar-refractivity contribution < 1.29 is 18.6 Å². The van der Waals surface area contributed by atoms with Gasteiger partial charge in [-0.1, -0.05) is 18.2 Å². The monoisotopic (exact) mass is 455 g/mol. The Morgan fingerprint density at radius 3 is 2.44 bits per heavy atom. The smallest absolute Gasteiger partial charge is 0.247 e. The molecule has 2 heterocycles. The molecule has 0 unspecified atom stereocenters. The summed E-state index contributed by atoms with van der Waals surface area (Å²) >= 11 is 1.71. The van der Waals surface area contributed by atoms with Crippen LogP contribution in [0.5, 0.6) is 11.5 Å². The van der Waals surface area contributed by atoms with Gasteiger partial charge in [0.15, 0.2) is 0 Å². The van der Waals surface area contributed by atoms with Crippen molar-refractivity contribution in [2.45, 2.75) is 12.2 Å². The van der Waals surface area contributed by atoms with Gasteiger partial charge in [-0.2, -0.15) is 0 Å². The predicted octanol–water partition coefficient (Wildman–Crippen LogP) is 4.15. The molecule has 8 heteroatoms. The van der Waals surface area contributed by atoms with Crippen LogP contribution in [-0.4, -0.2) is 66.9 Å². The highest BCUT2D eigenvalue weighted by atomic mass is 32.2. The largest absolute Gasteiger partial charge is 0.494 e. The van der Waals surface area contributed by atoms with E-state index >= 15 is 0 Å². The zero-order valence-corrected chi connectivity index (χ0v) is 19.0. The summed E-state index contributed by atoms with van der Waals surface area (Å²) in [5.74, 6) is 4.40. The Hall–Kier alpha value is -2.55. The lowest BCUT2D eigenvalue weighted by atomic mass is 10.2. The van der Waals surface area contributed by atoms with E-state index in [-0.39, 0.29) is 0 Å². The maximum atomic E-state index is 5.86. The van der Waals surface area contributed by atoms with E-state index in [0.717, 1.165) is 62.1 Å². The standard InChI is InChI=1S/C24H29N3O4S/c1-2-5-21(6-3-1)30-17-18-32-19-23-25-26-24(31-23)20-7-9-22(10-8-20)29-14-4-11-27-12-15-28-16-13-27/h1-3,5-10H,4,11-19H2. The second-order valence-electron chi connectivity index (χ2n) is 7.40. The van der Waals surface area contributed by atoms with Gasteiger partial charge in [0, 0.05) is 31.0 Å². The molecule has 0 aliphatic carbocycles. The number of para-hydroxylation sites is 1. The van der Waals surface area contributed by atoms with Crippen molar-refractivity contribution in [2.75, 3.05) is 51.8 Å². The Morgan fingerprint density at radius 2 is 1.62 bits per heavy atom. The van der Waals surface area contributed by atoms with Crippen molar-refractivity contribution in [3.63, 3.8) is 0 Å². The summed E-state index contributed by atoms with van der Waals surface area (Å²) < 4.78 is 22.7. The zero-order chi connectivity index (χ0) is 21.8. The van der Waals surface area contributed by atoms with E-state index in [0.29, 0.717) is 30.7 Å². The van der Waals surface area contributed by atoms with E-state index in [1.807, 2.05) is 54.6 Å². The molecule has 1 fully saturated rings. The Bertz CT molecular complexity index is 915. The maximum absolute atomic E-state index is 5.86. The topological polar surface area (TPSA) is 69.9 Å². The zero-order valence-electron chi connectivity index (χ0n) is 18.2. The molecule has 4 rings (SSSR count). The molecule has 0 saturated carbocycles. The summed E-state index contributed by atoms with van der Waals surface area (Å²) in [5, 5.41) is 8.32. The minimum atomic E-state index is 0.528. The van der Waals surface area contributed by atoms with Crippen LogP contribution in [0.2, 0.25) is 0 Å². The molecule has 32 heavy (non-hydrogen) atoms. The molecule has 170 valence electrons. The van der Waals surface area contributed by atoms with Crippen LogP contribution in [0.25, 0.3) is 11.5 Å². The molecule has 0 amide bonds. The first kappa shape index (κ1) is 22.6. The number of hydrogen-bond donors (Lipinski definition) is 0. The van der Waals surface area contributed by atoms with Gasteiger partial charge >= 0.3 is 0 Å². The van der Waals surface area contributed by atoms with Crippen LogP contribution in [0.15, 0.2) is 59.0 Å². The van der Waals surface area contributed by atoms with Gasteiger partial charge < -0.3 is 18.6 Å². The van der Waals surface area contributed by atoms with Crippen molar-refractivity contribution in [3.8, 4) is 23.0 Å². The molecule has 0 atom stereocenters. The van der Waals surface area contributed by atoms with E-state index in [1.54, 1.807) is 11.8 Å². The number of aromatic nitrogens is 2. The lowest BCUT2D eigenvalue weighted by Crippen LogP contribution is -2.37. The summed E-state index contributed by atoms with van der Waals surface area (Å²) in [6.07, 6.45) is 1.00. The lowest BCUT2D eigenvalue weighted by molar-refractivity contribution is 0.0358. The fraction of sp³-hybridized carbons (Fsp3) is 0.417. The SMILES string of the molecule is c1ccc(OCCSCc2nnc(-c3ccc(OCCCN4CCOCC4)cc3)o2)cc1. The summed E-state index contributed by atoms with van der Waals surface area (Å²) in [6.45, 7) is 6.09. The normalized spacial score (nSPS) is 14.4. The molecule has 1 saturated heterocycles. The van der Waals surface area contributed by atoms with Crippen LogP contribution < -0.4 is 9.47 Å².